The molecule has 0 radical (unpaired) electrons. The second kappa shape index (κ2) is 5.26. The van der Waals surface area contributed by atoms with Crippen molar-refractivity contribution in [2.24, 2.45) is 0 Å². The zero-order valence-corrected chi connectivity index (χ0v) is 12.6. The van der Waals surface area contributed by atoms with Crippen LogP contribution in [0.3, 0.4) is 0 Å². The number of nitrogen functional groups attached to an aromatic ring is 1. The van der Waals surface area contributed by atoms with Crippen LogP contribution in [0.5, 0.6) is 0 Å². The third-order valence-electron chi connectivity index (χ3n) is 3.36. The topological polar surface area (TPSA) is 52.0 Å². The summed E-state index contributed by atoms with van der Waals surface area (Å²) >= 11 is 6.13. The maximum atomic E-state index is 6.13. The van der Waals surface area contributed by atoms with E-state index in [0.29, 0.717) is 16.6 Å². The monoisotopic (exact) mass is 298 g/mol. The highest BCUT2D eigenvalue weighted by Crippen LogP contribution is 2.37. The van der Waals surface area contributed by atoms with Crippen molar-refractivity contribution in [2.75, 3.05) is 5.73 Å². The van der Waals surface area contributed by atoms with Crippen LogP contribution in [0.25, 0.3) is 22.5 Å². The lowest BCUT2D eigenvalue weighted by atomic mass is 10.00. The van der Waals surface area contributed by atoms with Crippen molar-refractivity contribution in [3.63, 3.8) is 0 Å². The number of nitrogens with two attached hydrogens (primary N) is 1. The molecule has 21 heavy (non-hydrogen) atoms. The first-order valence-electron chi connectivity index (χ1n) is 6.64. The highest BCUT2D eigenvalue weighted by atomic mass is 35.5. The van der Waals surface area contributed by atoms with E-state index in [1.54, 1.807) is 0 Å². The van der Waals surface area contributed by atoms with Gasteiger partial charge in [-0.15, -0.1) is 0 Å². The molecule has 0 atom stereocenters. The number of aryl methyl sites for hydroxylation is 2. The number of hydrogen-bond acceptors (Lipinski definition) is 3. The first kappa shape index (κ1) is 13.7. The maximum Gasteiger partial charge on any atom is 0.176 e. The summed E-state index contributed by atoms with van der Waals surface area (Å²) in [6.45, 7) is 4.03. The molecule has 0 saturated carbocycles. The van der Waals surface area contributed by atoms with Crippen molar-refractivity contribution in [1.29, 1.82) is 0 Å². The fourth-order valence-electron chi connectivity index (χ4n) is 2.37. The van der Waals surface area contributed by atoms with Crippen molar-refractivity contribution in [2.45, 2.75) is 13.8 Å². The normalized spacial score (nSPS) is 10.8. The molecule has 106 valence electrons. The maximum absolute atomic E-state index is 6.13. The molecule has 2 N–H and O–H groups in total. The molecule has 3 nitrogen and oxygen atoms in total. The van der Waals surface area contributed by atoms with E-state index < -0.39 is 0 Å². The van der Waals surface area contributed by atoms with Crippen LogP contribution >= 0.6 is 11.6 Å². The summed E-state index contributed by atoms with van der Waals surface area (Å²) in [7, 11) is 0. The van der Waals surface area contributed by atoms with Crippen LogP contribution in [0, 0.1) is 13.8 Å². The van der Waals surface area contributed by atoms with Crippen LogP contribution < -0.4 is 5.73 Å². The van der Waals surface area contributed by atoms with Gasteiger partial charge < -0.3 is 10.3 Å². The number of nitrogens with zero attached hydrogens (tertiary/aromatic N) is 1. The van der Waals surface area contributed by atoms with Gasteiger partial charge in [0, 0.05) is 10.6 Å². The molecular formula is C17H15ClN2O. The molecule has 0 amide bonds. The number of halogens is 1. The van der Waals surface area contributed by atoms with E-state index >= 15 is 0 Å². The third-order valence-corrected chi connectivity index (χ3v) is 3.58. The van der Waals surface area contributed by atoms with Gasteiger partial charge in [0.25, 0.3) is 0 Å². The summed E-state index contributed by atoms with van der Waals surface area (Å²) in [4.78, 5) is 0. The van der Waals surface area contributed by atoms with Crippen molar-refractivity contribution in [3.05, 3.63) is 58.6 Å². The smallest absolute Gasteiger partial charge is 0.176 e. The van der Waals surface area contributed by atoms with Crippen LogP contribution in [-0.2, 0) is 0 Å². The minimum Gasteiger partial charge on any atom is -0.380 e. The van der Waals surface area contributed by atoms with Gasteiger partial charge in [-0.05, 0) is 43.2 Å². The van der Waals surface area contributed by atoms with E-state index in [0.717, 1.165) is 22.3 Å². The van der Waals surface area contributed by atoms with Crippen LogP contribution in [0.1, 0.15) is 11.1 Å². The second-order valence-corrected chi connectivity index (χ2v) is 5.59. The molecular weight excluding hydrogens is 284 g/mol. The van der Waals surface area contributed by atoms with Crippen LogP contribution in [0.15, 0.2) is 47.0 Å². The first-order chi connectivity index (χ1) is 10.0. The van der Waals surface area contributed by atoms with E-state index in [1.807, 2.05) is 56.3 Å². The Morgan fingerprint density at radius 1 is 0.952 bits per heavy atom. The lowest BCUT2D eigenvalue weighted by Gasteiger charge is -2.05. The molecule has 0 aliphatic heterocycles. The van der Waals surface area contributed by atoms with Crippen LogP contribution in [0.4, 0.5) is 5.82 Å². The summed E-state index contributed by atoms with van der Waals surface area (Å²) in [6, 6.07) is 13.9. The molecule has 1 heterocycles. The van der Waals surface area contributed by atoms with Crippen LogP contribution in [0.2, 0.25) is 5.02 Å². The molecule has 0 unspecified atom stereocenters. The Morgan fingerprint density at radius 2 is 1.67 bits per heavy atom. The zero-order valence-electron chi connectivity index (χ0n) is 11.9. The van der Waals surface area contributed by atoms with Gasteiger partial charge in [0.15, 0.2) is 11.6 Å². The summed E-state index contributed by atoms with van der Waals surface area (Å²) in [6.07, 6.45) is 0. The molecule has 1 aromatic heterocycles. The molecule has 0 bridgehead atoms. The van der Waals surface area contributed by atoms with Crippen molar-refractivity contribution in [3.8, 4) is 22.5 Å². The highest BCUT2D eigenvalue weighted by molar-refractivity contribution is 6.31. The lowest BCUT2D eigenvalue weighted by Crippen LogP contribution is -1.89. The van der Waals surface area contributed by atoms with Gasteiger partial charge in [0.1, 0.15) is 0 Å². The quantitative estimate of drug-likeness (QED) is 0.735. The molecule has 0 aliphatic rings. The van der Waals surface area contributed by atoms with Crippen LogP contribution in [-0.4, -0.2) is 5.16 Å². The zero-order chi connectivity index (χ0) is 15.0. The Bertz CT molecular complexity index is 771. The van der Waals surface area contributed by atoms with Gasteiger partial charge in [-0.25, -0.2) is 0 Å². The number of anilines is 1. The standard InChI is InChI=1S/C17H15ClN2O/c1-10-3-5-12(6-4-10)15-16(21-20-17(15)19)13-7-11(2)8-14(18)9-13/h3-9H,1-2H3,(H2,19,20). The van der Waals surface area contributed by atoms with Gasteiger partial charge in [0.05, 0.1) is 5.56 Å². The largest absolute Gasteiger partial charge is 0.380 e. The average molecular weight is 299 g/mol. The predicted octanol–water partition coefficient (Wildman–Crippen LogP) is 4.86. The number of benzene rings is 2. The van der Waals surface area contributed by atoms with Gasteiger partial charge >= 0.3 is 0 Å². The lowest BCUT2D eigenvalue weighted by molar-refractivity contribution is 0.436. The average Bonchev–Trinajstić information content (AvgIpc) is 2.80. The number of rotatable bonds is 2. The molecule has 0 spiro atoms. The predicted molar refractivity (Wildman–Crippen MR) is 86.3 cm³/mol. The van der Waals surface area contributed by atoms with E-state index in [4.69, 9.17) is 21.9 Å². The number of hydrogen-bond donors (Lipinski definition) is 1. The SMILES string of the molecule is Cc1ccc(-c2c(N)noc2-c2cc(C)cc(Cl)c2)cc1. The molecule has 3 rings (SSSR count). The molecule has 0 saturated heterocycles. The molecule has 4 heteroatoms. The Balaban J connectivity index is 2.19. The van der Waals surface area contributed by atoms with E-state index in [1.165, 1.54) is 5.56 Å². The summed E-state index contributed by atoms with van der Waals surface area (Å²) < 4.78 is 5.44. The highest BCUT2D eigenvalue weighted by Gasteiger charge is 2.18. The fourth-order valence-corrected chi connectivity index (χ4v) is 2.66. The second-order valence-electron chi connectivity index (χ2n) is 5.16. The number of aromatic nitrogens is 1. The van der Waals surface area contributed by atoms with E-state index in [9.17, 15) is 0 Å². The minimum absolute atomic E-state index is 0.381. The Hall–Kier alpha value is -2.26. The summed E-state index contributed by atoms with van der Waals surface area (Å²) in [5.74, 6) is 1.02. The minimum atomic E-state index is 0.381. The third kappa shape index (κ3) is 2.65. The van der Waals surface area contributed by atoms with Gasteiger partial charge in [-0.2, -0.15) is 0 Å². The van der Waals surface area contributed by atoms with Crippen molar-refractivity contribution < 1.29 is 4.52 Å². The van der Waals surface area contributed by atoms with Gasteiger partial charge in [-0.3, -0.25) is 0 Å². The molecule has 0 fully saturated rings. The van der Waals surface area contributed by atoms with E-state index in [2.05, 4.69) is 5.16 Å². The first-order valence-corrected chi connectivity index (χ1v) is 7.02. The summed E-state index contributed by atoms with van der Waals surface area (Å²) in [5, 5.41) is 4.57. The van der Waals surface area contributed by atoms with E-state index in [-0.39, 0.29) is 0 Å². The molecule has 0 aliphatic carbocycles. The van der Waals surface area contributed by atoms with Crippen molar-refractivity contribution >= 4 is 17.4 Å². The Morgan fingerprint density at radius 3 is 2.33 bits per heavy atom. The van der Waals surface area contributed by atoms with Gasteiger partial charge in [0.2, 0.25) is 0 Å². The van der Waals surface area contributed by atoms with Crippen molar-refractivity contribution in [1.82, 2.24) is 5.16 Å². The Labute approximate surface area is 128 Å². The molecule has 3 aromatic rings. The fraction of sp³-hybridized carbons (Fsp3) is 0.118. The molecule has 2 aromatic carbocycles. The van der Waals surface area contributed by atoms with Gasteiger partial charge in [-0.1, -0.05) is 46.6 Å². The summed E-state index contributed by atoms with van der Waals surface area (Å²) in [5.41, 5.74) is 10.9. The Kier molecular flexibility index (Phi) is 3.43.